The molecule has 0 aliphatic carbocycles. The number of nitrogens with zero attached hydrogens (tertiary/aromatic N) is 1. The van der Waals surface area contributed by atoms with Crippen molar-refractivity contribution in [1.82, 2.24) is 4.90 Å². The summed E-state index contributed by atoms with van der Waals surface area (Å²) in [4.78, 5) is 14.4. The lowest BCUT2D eigenvalue weighted by molar-refractivity contribution is -0.136. The van der Waals surface area contributed by atoms with Crippen LogP contribution in [0.5, 0.6) is 0 Å². The molecule has 1 saturated heterocycles. The van der Waals surface area contributed by atoms with E-state index < -0.39 is 6.10 Å². The number of rotatable bonds is 6. The van der Waals surface area contributed by atoms with Gasteiger partial charge in [0.1, 0.15) is 11.9 Å². The first-order valence-corrected chi connectivity index (χ1v) is 7.65. The molecule has 1 aliphatic heterocycles. The number of likely N-dealkylation sites (tertiary alicyclic amines) is 1. The first kappa shape index (κ1) is 15.1. The maximum Gasteiger partial charge on any atom is 0.225 e. The number of carbonyl (C=O) groups is 1. The highest BCUT2D eigenvalue weighted by Crippen LogP contribution is 2.29. The van der Waals surface area contributed by atoms with Crippen molar-refractivity contribution in [2.75, 3.05) is 6.54 Å². The molecule has 0 radical (unpaired) electrons. The van der Waals surface area contributed by atoms with E-state index in [1.165, 1.54) is 0 Å². The zero-order valence-corrected chi connectivity index (χ0v) is 12.4. The Morgan fingerprint density at radius 3 is 3.05 bits per heavy atom. The molecule has 112 valence electrons. The number of hydrogen-bond donors (Lipinski definition) is 1. The van der Waals surface area contributed by atoms with E-state index in [1.54, 1.807) is 18.4 Å². The van der Waals surface area contributed by atoms with Gasteiger partial charge < -0.3 is 14.4 Å². The fourth-order valence-electron chi connectivity index (χ4n) is 3.07. The summed E-state index contributed by atoms with van der Waals surface area (Å²) in [5.74, 6) is 0.910. The molecule has 2 rings (SSSR count). The first-order chi connectivity index (χ1) is 9.63. The molecule has 0 spiro atoms. The Morgan fingerprint density at radius 2 is 2.40 bits per heavy atom. The van der Waals surface area contributed by atoms with Crippen molar-refractivity contribution in [3.63, 3.8) is 0 Å². The third kappa shape index (κ3) is 3.42. The Balaban J connectivity index is 1.95. The molecule has 1 N–H and O–H groups in total. The molecule has 4 heteroatoms. The van der Waals surface area contributed by atoms with Crippen LogP contribution in [0.3, 0.4) is 0 Å². The van der Waals surface area contributed by atoms with E-state index in [0.717, 1.165) is 32.2 Å². The van der Waals surface area contributed by atoms with Crippen LogP contribution in [0.2, 0.25) is 0 Å². The largest absolute Gasteiger partial charge is 0.467 e. The van der Waals surface area contributed by atoms with Crippen LogP contribution in [0.25, 0.3) is 0 Å². The van der Waals surface area contributed by atoms with Gasteiger partial charge in [-0.05, 0) is 31.4 Å². The van der Waals surface area contributed by atoms with E-state index in [0.29, 0.717) is 12.2 Å². The summed E-state index contributed by atoms with van der Waals surface area (Å²) in [6, 6.07) is 3.70. The predicted molar refractivity (Wildman–Crippen MR) is 77.1 cm³/mol. The van der Waals surface area contributed by atoms with E-state index >= 15 is 0 Å². The Morgan fingerprint density at radius 1 is 1.60 bits per heavy atom. The summed E-state index contributed by atoms with van der Waals surface area (Å²) in [5.41, 5.74) is 0. The van der Waals surface area contributed by atoms with E-state index in [-0.39, 0.29) is 17.9 Å². The van der Waals surface area contributed by atoms with Gasteiger partial charge in [0.25, 0.3) is 0 Å². The minimum absolute atomic E-state index is 0.0846. The smallest absolute Gasteiger partial charge is 0.225 e. The topological polar surface area (TPSA) is 53.7 Å². The van der Waals surface area contributed by atoms with Crippen molar-refractivity contribution in [3.05, 3.63) is 24.2 Å². The van der Waals surface area contributed by atoms with Crippen LogP contribution in [-0.2, 0) is 4.79 Å². The molecule has 4 nitrogen and oxygen atoms in total. The summed E-state index contributed by atoms with van der Waals surface area (Å²) >= 11 is 0. The molecule has 20 heavy (non-hydrogen) atoms. The maximum atomic E-state index is 12.4. The summed E-state index contributed by atoms with van der Waals surface area (Å²) in [5, 5.41) is 10.2. The Hall–Kier alpha value is -1.29. The lowest BCUT2D eigenvalue weighted by atomic mass is 10.0. The summed E-state index contributed by atoms with van der Waals surface area (Å²) < 4.78 is 5.23. The van der Waals surface area contributed by atoms with Gasteiger partial charge in [-0.1, -0.05) is 20.3 Å². The molecular formula is C16H25NO3. The second kappa shape index (κ2) is 6.93. The molecule has 0 bridgehead atoms. The third-order valence-electron chi connectivity index (χ3n) is 4.17. The van der Waals surface area contributed by atoms with E-state index in [2.05, 4.69) is 6.92 Å². The monoisotopic (exact) mass is 279 g/mol. The van der Waals surface area contributed by atoms with Crippen LogP contribution in [0.1, 0.15) is 57.8 Å². The quantitative estimate of drug-likeness (QED) is 0.870. The summed E-state index contributed by atoms with van der Waals surface area (Å²) in [7, 11) is 0. The van der Waals surface area contributed by atoms with Crippen LogP contribution in [0.15, 0.2) is 22.8 Å². The first-order valence-electron chi connectivity index (χ1n) is 7.65. The standard InChI is InChI=1S/C16H25NO3/c1-3-6-12(2)16(19)17-9-4-7-13(17)11-14(18)15-8-5-10-20-15/h5,8,10,12-14,18H,3-4,6-7,9,11H2,1-2H3. The van der Waals surface area contributed by atoms with E-state index in [1.807, 2.05) is 11.8 Å². The summed E-state index contributed by atoms with van der Waals surface area (Å²) in [6.07, 6.45) is 5.48. The van der Waals surface area contributed by atoms with Crippen molar-refractivity contribution in [1.29, 1.82) is 0 Å². The van der Waals surface area contributed by atoms with Crippen LogP contribution in [0.4, 0.5) is 0 Å². The zero-order valence-electron chi connectivity index (χ0n) is 12.4. The van der Waals surface area contributed by atoms with Gasteiger partial charge in [-0.25, -0.2) is 0 Å². The van der Waals surface area contributed by atoms with E-state index in [9.17, 15) is 9.90 Å². The zero-order chi connectivity index (χ0) is 14.5. The van der Waals surface area contributed by atoms with Crippen LogP contribution in [0, 0.1) is 5.92 Å². The molecule has 1 aromatic heterocycles. The molecule has 1 aromatic rings. The molecule has 2 heterocycles. The van der Waals surface area contributed by atoms with Crippen molar-refractivity contribution < 1.29 is 14.3 Å². The number of hydrogen-bond acceptors (Lipinski definition) is 3. The van der Waals surface area contributed by atoms with Gasteiger partial charge in [0.05, 0.1) is 6.26 Å². The Labute approximate surface area is 120 Å². The fourth-order valence-corrected chi connectivity index (χ4v) is 3.07. The second-order valence-electron chi connectivity index (χ2n) is 5.78. The van der Waals surface area contributed by atoms with Gasteiger partial charge in [-0.15, -0.1) is 0 Å². The van der Waals surface area contributed by atoms with Gasteiger partial charge in [-0.3, -0.25) is 4.79 Å². The van der Waals surface area contributed by atoms with Gasteiger partial charge in [0.15, 0.2) is 0 Å². The van der Waals surface area contributed by atoms with Crippen LogP contribution >= 0.6 is 0 Å². The number of aliphatic hydroxyl groups is 1. The highest BCUT2D eigenvalue weighted by Gasteiger charge is 2.32. The highest BCUT2D eigenvalue weighted by atomic mass is 16.4. The Kier molecular flexibility index (Phi) is 5.24. The van der Waals surface area contributed by atoms with Gasteiger partial charge >= 0.3 is 0 Å². The minimum atomic E-state index is -0.620. The average molecular weight is 279 g/mol. The lowest BCUT2D eigenvalue weighted by Gasteiger charge is -2.28. The fraction of sp³-hybridized carbons (Fsp3) is 0.688. The maximum absolute atomic E-state index is 12.4. The number of furan rings is 1. The van der Waals surface area contributed by atoms with Gasteiger partial charge in [-0.2, -0.15) is 0 Å². The minimum Gasteiger partial charge on any atom is -0.467 e. The Bertz CT molecular complexity index is 415. The summed E-state index contributed by atoms with van der Waals surface area (Å²) in [6.45, 7) is 4.93. The van der Waals surface area contributed by atoms with Crippen molar-refractivity contribution in [3.8, 4) is 0 Å². The van der Waals surface area contributed by atoms with Gasteiger partial charge in [0.2, 0.25) is 5.91 Å². The molecule has 1 aliphatic rings. The SMILES string of the molecule is CCCC(C)C(=O)N1CCCC1CC(O)c1ccco1. The van der Waals surface area contributed by atoms with Gasteiger partial charge in [0, 0.05) is 24.9 Å². The molecule has 3 unspecified atom stereocenters. The van der Waals surface area contributed by atoms with Crippen molar-refractivity contribution in [2.45, 2.75) is 58.1 Å². The molecule has 1 fully saturated rings. The average Bonchev–Trinajstić information content (AvgIpc) is 3.09. The number of amides is 1. The normalized spacial score (nSPS) is 21.9. The third-order valence-corrected chi connectivity index (χ3v) is 4.17. The highest BCUT2D eigenvalue weighted by molar-refractivity contribution is 5.79. The molecule has 3 atom stereocenters. The molecule has 1 amide bonds. The molecular weight excluding hydrogens is 254 g/mol. The number of carbonyl (C=O) groups excluding carboxylic acids is 1. The van der Waals surface area contributed by atoms with Crippen LogP contribution < -0.4 is 0 Å². The second-order valence-corrected chi connectivity index (χ2v) is 5.78. The predicted octanol–water partition coefficient (Wildman–Crippen LogP) is 3.13. The van der Waals surface area contributed by atoms with Crippen molar-refractivity contribution in [2.24, 2.45) is 5.92 Å². The number of aliphatic hydroxyl groups excluding tert-OH is 1. The molecule has 0 saturated carbocycles. The van der Waals surface area contributed by atoms with Crippen molar-refractivity contribution >= 4 is 5.91 Å². The molecule has 0 aromatic carbocycles. The van der Waals surface area contributed by atoms with E-state index in [4.69, 9.17) is 4.42 Å². The van der Waals surface area contributed by atoms with Crippen LogP contribution in [-0.4, -0.2) is 28.5 Å². The lowest BCUT2D eigenvalue weighted by Crippen LogP contribution is -2.39.